The van der Waals surface area contributed by atoms with Gasteiger partial charge in [0.15, 0.2) is 0 Å². The first-order valence-corrected chi connectivity index (χ1v) is 4.99. The van der Waals surface area contributed by atoms with Crippen LogP contribution in [0.15, 0.2) is 24.3 Å². The summed E-state index contributed by atoms with van der Waals surface area (Å²) in [6, 6.07) is 7.88. The van der Waals surface area contributed by atoms with Crippen molar-refractivity contribution in [1.29, 1.82) is 0 Å². The topological polar surface area (TPSA) is 9.23 Å². The van der Waals surface area contributed by atoms with Gasteiger partial charge in [-0.25, -0.2) is 0 Å². The molecule has 0 aromatic heterocycles. The molecule has 0 amide bonds. The molecule has 0 saturated heterocycles. The maximum absolute atomic E-state index is 5.02. The number of halogens is 2. The summed E-state index contributed by atoms with van der Waals surface area (Å²) in [5.41, 5.74) is 1.19. The maximum atomic E-state index is 5.02. The summed E-state index contributed by atoms with van der Waals surface area (Å²) in [5.74, 6) is 0.884. The average molecular weight is 280 g/mol. The summed E-state index contributed by atoms with van der Waals surface area (Å²) < 4.78 is 5.24. The van der Waals surface area contributed by atoms with E-state index in [1.54, 1.807) is 7.11 Å². The number of benzene rings is 1. The van der Waals surface area contributed by atoms with Crippen LogP contribution in [-0.4, -0.2) is 7.11 Å². The highest BCUT2D eigenvalue weighted by molar-refractivity contribution is 9.24. The third-order valence-corrected chi connectivity index (χ3v) is 2.43. The lowest BCUT2D eigenvalue weighted by Gasteiger charge is -2.02. The van der Waals surface area contributed by atoms with Gasteiger partial charge in [-0.05, 0) is 17.7 Å². The zero-order valence-corrected chi connectivity index (χ0v) is 9.22. The third-order valence-electron chi connectivity index (χ3n) is 1.37. The van der Waals surface area contributed by atoms with Crippen molar-refractivity contribution < 1.29 is 4.74 Å². The number of hydrogen-bond acceptors (Lipinski definition) is 1. The molecule has 0 bridgehead atoms. The van der Waals surface area contributed by atoms with Gasteiger partial charge in [-0.2, -0.15) is 0 Å². The van der Waals surface area contributed by atoms with E-state index in [1.807, 2.05) is 24.3 Å². The van der Waals surface area contributed by atoms with E-state index in [0.29, 0.717) is 0 Å². The van der Waals surface area contributed by atoms with E-state index in [2.05, 4.69) is 31.9 Å². The summed E-state index contributed by atoms with van der Waals surface area (Å²) in [6.45, 7) is 0. The molecule has 0 aliphatic heterocycles. The summed E-state index contributed by atoms with van der Waals surface area (Å²) in [6.07, 6.45) is 0. The molecule has 1 rings (SSSR count). The van der Waals surface area contributed by atoms with Crippen LogP contribution in [0.4, 0.5) is 0 Å². The van der Waals surface area contributed by atoms with E-state index >= 15 is 0 Å². The highest BCUT2D eigenvalue weighted by Gasteiger charge is 2.00. The molecule has 0 N–H and O–H groups in total. The van der Waals surface area contributed by atoms with Crippen LogP contribution in [0.25, 0.3) is 0 Å². The van der Waals surface area contributed by atoms with Crippen molar-refractivity contribution in [2.45, 2.75) is 3.74 Å². The number of rotatable bonds is 2. The van der Waals surface area contributed by atoms with Crippen molar-refractivity contribution in [2.24, 2.45) is 0 Å². The lowest BCUT2D eigenvalue weighted by atomic mass is 10.2. The first-order valence-electron chi connectivity index (χ1n) is 3.16. The van der Waals surface area contributed by atoms with Gasteiger partial charge in [0.05, 0.1) is 10.8 Å². The predicted octanol–water partition coefficient (Wildman–Crippen LogP) is 3.48. The number of hydrogen-bond donors (Lipinski definition) is 0. The average Bonchev–Trinajstić information content (AvgIpc) is 2.05. The fourth-order valence-electron chi connectivity index (χ4n) is 0.749. The lowest BCUT2D eigenvalue weighted by molar-refractivity contribution is 0.414. The smallest absolute Gasteiger partial charge is 0.118 e. The van der Waals surface area contributed by atoms with Gasteiger partial charge >= 0.3 is 0 Å². The SMILES string of the molecule is COc1ccc(C(Br)Br)cc1. The van der Waals surface area contributed by atoms with Crippen molar-refractivity contribution in [2.75, 3.05) is 7.11 Å². The zero-order valence-electron chi connectivity index (χ0n) is 6.05. The van der Waals surface area contributed by atoms with Crippen LogP contribution in [0.3, 0.4) is 0 Å². The Morgan fingerprint density at radius 3 is 2.09 bits per heavy atom. The Morgan fingerprint density at radius 1 is 1.18 bits per heavy atom. The molecule has 3 heteroatoms. The second kappa shape index (κ2) is 4.12. The molecule has 1 aromatic carbocycles. The highest BCUT2D eigenvalue weighted by atomic mass is 79.9. The van der Waals surface area contributed by atoms with Crippen LogP contribution in [0.1, 0.15) is 9.30 Å². The summed E-state index contributed by atoms with van der Waals surface area (Å²) in [4.78, 5) is 0. The van der Waals surface area contributed by atoms with Crippen molar-refractivity contribution in [3.63, 3.8) is 0 Å². The second-order valence-electron chi connectivity index (χ2n) is 2.07. The largest absolute Gasteiger partial charge is 0.497 e. The Balaban J connectivity index is 2.83. The van der Waals surface area contributed by atoms with Gasteiger partial charge in [0.25, 0.3) is 0 Å². The summed E-state index contributed by atoms with van der Waals surface area (Å²) >= 11 is 6.81. The van der Waals surface area contributed by atoms with E-state index in [9.17, 15) is 0 Å². The molecule has 0 radical (unpaired) electrons. The van der Waals surface area contributed by atoms with Gasteiger partial charge < -0.3 is 4.74 Å². The van der Waals surface area contributed by atoms with E-state index in [1.165, 1.54) is 5.56 Å². The zero-order chi connectivity index (χ0) is 8.27. The molecule has 0 unspecified atom stereocenters. The molecule has 0 aliphatic carbocycles. The van der Waals surface area contributed by atoms with Gasteiger partial charge in [-0.15, -0.1) is 0 Å². The lowest BCUT2D eigenvalue weighted by Crippen LogP contribution is -1.83. The molecule has 0 aliphatic rings. The highest BCUT2D eigenvalue weighted by Crippen LogP contribution is 2.29. The fraction of sp³-hybridized carbons (Fsp3) is 0.250. The number of methoxy groups -OCH3 is 1. The van der Waals surface area contributed by atoms with Crippen molar-refractivity contribution in [3.05, 3.63) is 29.8 Å². The quantitative estimate of drug-likeness (QED) is 0.753. The maximum Gasteiger partial charge on any atom is 0.118 e. The molecule has 0 fully saturated rings. The minimum atomic E-state index is 0.223. The van der Waals surface area contributed by atoms with E-state index in [0.717, 1.165) is 5.75 Å². The summed E-state index contributed by atoms with van der Waals surface area (Å²) in [7, 11) is 1.66. The van der Waals surface area contributed by atoms with Crippen LogP contribution < -0.4 is 4.74 Å². The molecule has 1 nitrogen and oxygen atoms in total. The molecule has 0 heterocycles. The molecule has 0 spiro atoms. The number of ether oxygens (including phenoxy) is 1. The Bertz CT molecular complexity index is 218. The fourth-order valence-corrected chi connectivity index (χ4v) is 1.36. The minimum Gasteiger partial charge on any atom is -0.497 e. The van der Waals surface area contributed by atoms with Gasteiger partial charge in [-0.1, -0.05) is 44.0 Å². The van der Waals surface area contributed by atoms with E-state index in [-0.39, 0.29) is 3.74 Å². The first kappa shape index (κ1) is 9.07. The van der Waals surface area contributed by atoms with Crippen LogP contribution in [0.5, 0.6) is 5.75 Å². The van der Waals surface area contributed by atoms with E-state index < -0.39 is 0 Å². The minimum absolute atomic E-state index is 0.223. The van der Waals surface area contributed by atoms with Crippen LogP contribution in [-0.2, 0) is 0 Å². The molecular weight excluding hydrogens is 272 g/mol. The molecule has 60 valence electrons. The molecule has 11 heavy (non-hydrogen) atoms. The normalized spacial score (nSPS) is 10.2. The Labute approximate surface area is 83.0 Å². The van der Waals surface area contributed by atoms with Crippen molar-refractivity contribution in [1.82, 2.24) is 0 Å². The van der Waals surface area contributed by atoms with Crippen LogP contribution in [0, 0.1) is 0 Å². The van der Waals surface area contributed by atoms with Crippen LogP contribution >= 0.6 is 31.9 Å². The van der Waals surface area contributed by atoms with Crippen LogP contribution in [0.2, 0.25) is 0 Å². The van der Waals surface area contributed by atoms with Gasteiger partial charge in [0.2, 0.25) is 0 Å². The summed E-state index contributed by atoms with van der Waals surface area (Å²) in [5, 5.41) is 0. The third kappa shape index (κ3) is 2.49. The standard InChI is InChI=1S/C8H8Br2O/c1-11-7-4-2-6(3-5-7)8(9)10/h2-5,8H,1H3. The molecule has 0 atom stereocenters. The molecule has 1 aromatic rings. The second-order valence-corrected chi connectivity index (χ2v) is 5.13. The van der Waals surface area contributed by atoms with Gasteiger partial charge in [0.1, 0.15) is 5.75 Å². The van der Waals surface area contributed by atoms with E-state index in [4.69, 9.17) is 4.74 Å². The molecule has 0 saturated carbocycles. The monoisotopic (exact) mass is 278 g/mol. The first-order chi connectivity index (χ1) is 5.24. The molecular formula is C8H8Br2O. The Hall–Kier alpha value is -0.0200. The number of alkyl halides is 2. The van der Waals surface area contributed by atoms with Crippen molar-refractivity contribution in [3.8, 4) is 5.75 Å². The van der Waals surface area contributed by atoms with Gasteiger partial charge in [0, 0.05) is 0 Å². The predicted molar refractivity (Wildman–Crippen MR) is 53.6 cm³/mol. The Kier molecular flexibility index (Phi) is 3.40. The Morgan fingerprint density at radius 2 is 1.73 bits per heavy atom. The van der Waals surface area contributed by atoms with Gasteiger partial charge in [-0.3, -0.25) is 0 Å². The van der Waals surface area contributed by atoms with Crippen molar-refractivity contribution >= 4 is 31.9 Å².